The second-order valence-corrected chi connectivity index (χ2v) is 3.18. The van der Waals surface area contributed by atoms with Gasteiger partial charge in [-0.15, -0.1) is 10.2 Å². The van der Waals surface area contributed by atoms with E-state index >= 15 is 0 Å². The Labute approximate surface area is 89.9 Å². The van der Waals surface area contributed by atoms with Crippen molar-refractivity contribution in [3.05, 3.63) is 34.9 Å². The summed E-state index contributed by atoms with van der Waals surface area (Å²) in [7, 11) is 0. The zero-order valence-electron chi connectivity index (χ0n) is 7.58. The highest BCUT2D eigenvalue weighted by Gasteiger charge is 2.13. The minimum Gasteiger partial charge on any atom is -0.419 e. The summed E-state index contributed by atoms with van der Waals surface area (Å²) in [6.45, 7) is 0.139. The molecule has 15 heavy (non-hydrogen) atoms. The van der Waals surface area contributed by atoms with Crippen LogP contribution < -0.4 is 5.73 Å². The fraction of sp³-hybridized carbons (Fsp3) is 0.111. The molecule has 0 aliphatic rings. The molecule has 2 rings (SSSR count). The number of benzene rings is 1. The number of rotatable bonds is 2. The molecule has 78 valence electrons. The summed E-state index contributed by atoms with van der Waals surface area (Å²) in [5, 5.41) is 7.33. The summed E-state index contributed by atoms with van der Waals surface area (Å²) in [6, 6.07) is 4.37. The number of nitrogens with zero attached hydrogens (tertiary/aromatic N) is 2. The van der Waals surface area contributed by atoms with Crippen LogP contribution in [-0.4, -0.2) is 10.2 Å². The standard InChI is InChI=1S/C9H7ClFN3O/c10-8-5(2-1-3-6(8)11)9-14-13-7(4-12)15-9/h1-3H,4,12H2. The van der Waals surface area contributed by atoms with Crippen LogP contribution in [0.25, 0.3) is 11.5 Å². The van der Waals surface area contributed by atoms with E-state index < -0.39 is 5.82 Å². The van der Waals surface area contributed by atoms with Crippen LogP contribution in [0.2, 0.25) is 5.02 Å². The Morgan fingerprint density at radius 1 is 1.40 bits per heavy atom. The van der Waals surface area contributed by atoms with E-state index in [4.69, 9.17) is 21.8 Å². The molecule has 0 spiro atoms. The van der Waals surface area contributed by atoms with Gasteiger partial charge in [0, 0.05) is 0 Å². The largest absolute Gasteiger partial charge is 0.419 e. The predicted octanol–water partition coefficient (Wildman–Crippen LogP) is 1.99. The summed E-state index contributed by atoms with van der Waals surface area (Å²) in [4.78, 5) is 0. The van der Waals surface area contributed by atoms with Crippen LogP contribution in [0.5, 0.6) is 0 Å². The van der Waals surface area contributed by atoms with Crippen LogP contribution in [0, 0.1) is 5.82 Å². The molecule has 0 saturated carbocycles. The monoisotopic (exact) mass is 227 g/mol. The first kappa shape index (κ1) is 10.1. The van der Waals surface area contributed by atoms with Crippen molar-refractivity contribution in [1.29, 1.82) is 0 Å². The average molecular weight is 228 g/mol. The Morgan fingerprint density at radius 3 is 2.87 bits per heavy atom. The van der Waals surface area contributed by atoms with Crippen LogP contribution in [0.15, 0.2) is 22.6 Å². The maximum Gasteiger partial charge on any atom is 0.249 e. The fourth-order valence-corrected chi connectivity index (χ4v) is 1.32. The number of hydrogen-bond acceptors (Lipinski definition) is 4. The summed E-state index contributed by atoms with van der Waals surface area (Å²) in [5.74, 6) is -0.0769. The second-order valence-electron chi connectivity index (χ2n) is 2.81. The third kappa shape index (κ3) is 1.84. The van der Waals surface area contributed by atoms with Gasteiger partial charge in [0.1, 0.15) is 5.82 Å². The van der Waals surface area contributed by atoms with Gasteiger partial charge in [0.15, 0.2) is 0 Å². The molecule has 4 nitrogen and oxygen atoms in total. The van der Waals surface area contributed by atoms with Crippen molar-refractivity contribution in [2.75, 3.05) is 0 Å². The van der Waals surface area contributed by atoms with Crippen LogP contribution in [0.3, 0.4) is 0 Å². The first-order valence-corrected chi connectivity index (χ1v) is 4.57. The van der Waals surface area contributed by atoms with E-state index in [0.717, 1.165) is 0 Å². The highest BCUT2D eigenvalue weighted by Crippen LogP contribution is 2.28. The van der Waals surface area contributed by atoms with Gasteiger partial charge in [-0.2, -0.15) is 0 Å². The Kier molecular flexibility index (Phi) is 2.66. The van der Waals surface area contributed by atoms with Gasteiger partial charge in [-0.05, 0) is 12.1 Å². The van der Waals surface area contributed by atoms with Crippen LogP contribution in [-0.2, 0) is 6.54 Å². The van der Waals surface area contributed by atoms with E-state index in [0.29, 0.717) is 5.56 Å². The summed E-state index contributed by atoms with van der Waals surface area (Å²) >= 11 is 5.75. The van der Waals surface area contributed by atoms with Crippen molar-refractivity contribution < 1.29 is 8.81 Å². The van der Waals surface area contributed by atoms with Crippen molar-refractivity contribution in [1.82, 2.24) is 10.2 Å². The molecule has 0 saturated heterocycles. The number of nitrogens with two attached hydrogens (primary N) is 1. The van der Waals surface area contributed by atoms with E-state index in [1.165, 1.54) is 12.1 Å². The lowest BCUT2D eigenvalue weighted by atomic mass is 10.2. The number of halogens is 2. The highest BCUT2D eigenvalue weighted by molar-refractivity contribution is 6.33. The third-order valence-corrected chi connectivity index (χ3v) is 2.21. The molecule has 1 aromatic carbocycles. The molecule has 0 aliphatic heterocycles. The SMILES string of the molecule is NCc1nnc(-c2cccc(F)c2Cl)o1. The maximum atomic E-state index is 13.1. The normalized spacial score (nSPS) is 10.6. The molecule has 0 fully saturated rings. The lowest BCUT2D eigenvalue weighted by Gasteiger charge is -1.98. The minimum absolute atomic E-state index is 0.0373. The van der Waals surface area contributed by atoms with Crippen molar-refractivity contribution in [2.24, 2.45) is 5.73 Å². The Balaban J connectivity index is 2.49. The van der Waals surface area contributed by atoms with Crippen molar-refractivity contribution in [3.8, 4) is 11.5 Å². The van der Waals surface area contributed by atoms with Crippen LogP contribution in [0.4, 0.5) is 4.39 Å². The van der Waals surface area contributed by atoms with Gasteiger partial charge in [-0.25, -0.2) is 4.39 Å². The van der Waals surface area contributed by atoms with Crippen molar-refractivity contribution >= 4 is 11.6 Å². The highest BCUT2D eigenvalue weighted by atomic mass is 35.5. The zero-order chi connectivity index (χ0) is 10.8. The molecule has 2 aromatic rings. The first-order valence-electron chi connectivity index (χ1n) is 4.19. The predicted molar refractivity (Wildman–Crippen MR) is 52.6 cm³/mol. The van der Waals surface area contributed by atoms with Gasteiger partial charge in [0.25, 0.3) is 0 Å². The van der Waals surface area contributed by atoms with E-state index in [-0.39, 0.29) is 23.3 Å². The van der Waals surface area contributed by atoms with Gasteiger partial charge in [0.05, 0.1) is 17.1 Å². The molecule has 2 N–H and O–H groups in total. The first-order chi connectivity index (χ1) is 7.22. The molecule has 0 bridgehead atoms. The van der Waals surface area contributed by atoms with Crippen LogP contribution in [0.1, 0.15) is 5.89 Å². The van der Waals surface area contributed by atoms with Gasteiger partial charge < -0.3 is 10.2 Å². The van der Waals surface area contributed by atoms with E-state index in [9.17, 15) is 4.39 Å². The molecule has 0 amide bonds. The van der Waals surface area contributed by atoms with E-state index in [1.807, 2.05) is 0 Å². The zero-order valence-corrected chi connectivity index (χ0v) is 8.33. The Hall–Kier alpha value is -1.46. The molecular weight excluding hydrogens is 221 g/mol. The van der Waals surface area contributed by atoms with Gasteiger partial charge in [0.2, 0.25) is 11.8 Å². The second kappa shape index (κ2) is 3.96. The molecule has 1 heterocycles. The summed E-state index contributed by atoms with van der Waals surface area (Å²) in [6.07, 6.45) is 0. The van der Waals surface area contributed by atoms with E-state index in [1.54, 1.807) is 6.07 Å². The van der Waals surface area contributed by atoms with Crippen molar-refractivity contribution in [2.45, 2.75) is 6.54 Å². The molecule has 0 unspecified atom stereocenters. The van der Waals surface area contributed by atoms with Crippen LogP contribution >= 0.6 is 11.6 Å². The summed E-state index contributed by atoms with van der Waals surface area (Å²) < 4.78 is 18.3. The maximum absolute atomic E-state index is 13.1. The molecular formula is C9H7ClFN3O. The lowest BCUT2D eigenvalue weighted by molar-refractivity contribution is 0.508. The summed E-state index contributed by atoms with van der Waals surface area (Å²) in [5.41, 5.74) is 5.67. The van der Waals surface area contributed by atoms with Gasteiger partial charge in [-0.1, -0.05) is 17.7 Å². The third-order valence-electron chi connectivity index (χ3n) is 1.82. The smallest absolute Gasteiger partial charge is 0.249 e. The minimum atomic E-state index is -0.526. The fourth-order valence-electron chi connectivity index (χ4n) is 1.11. The molecule has 0 radical (unpaired) electrons. The molecule has 0 atom stereocenters. The topological polar surface area (TPSA) is 64.9 Å². The molecule has 1 aromatic heterocycles. The van der Waals surface area contributed by atoms with Gasteiger partial charge >= 0.3 is 0 Å². The molecule has 6 heteroatoms. The Morgan fingerprint density at radius 2 is 2.20 bits per heavy atom. The molecule has 0 aliphatic carbocycles. The lowest BCUT2D eigenvalue weighted by Crippen LogP contribution is -1.95. The number of aromatic nitrogens is 2. The number of hydrogen-bond donors (Lipinski definition) is 1. The Bertz CT molecular complexity index is 486. The quantitative estimate of drug-likeness (QED) is 0.852. The van der Waals surface area contributed by atoms with Gasteiger partial charge in [-0.3, -0.25) is 0 Å². The van der Waals surface area contributed by atoms with E-state index in [2.05, 4.69) is 10.2 Å². The van der Waals surface area contributed by atoms with Crippen molar-refractivity contribution in [3.63, 3.8) is 0 Å². The average Bonchev–Trinajstić information content (AvgIpc) is 2.70.